The molecule has 0 saturated carbocycles. The van der Waals surface area contributed by atoms with Gasteiger partial charge in [0.1, 0.15) is 0 Å². The summed E-state index contributed by atoms with van der Waals surface area (Å²) < 4.78 is 0. The van der Waals surface area contributed by atoms with Crippen molar-refractivity contribution in [3.63, 3.8) is 0 Å². The third kappa shape index (κ3) is 1.96. The lowest BCUT2D eigenvalue weighted by molar-refractivity contribution is 0.992. The predicted octanol–water partition coefficient (Wildman–Crippen LogP) is 2.38. The zero-order chi connectivity index (χ0) is 9.80. The molecule has 0 fully saturated rings. The van der Waals surface area contributed by atoms with Crippen LogP contribution in [0.15, 0.2) is 42.7 Å². The molecule has 2 rings (SSSR count). The minimum atomic E-state index is 0.813. The highest BCUT2D eigenvalue weighted by molar-refractivity contribution is 5.22. The molecule has 14 heavy (non-hydrogen) atoms. The van der Waals surface area contributed by atoms with Crippen molar-refractivity contribution in [2.45, 2.75) is 13.3 Å². The Labute approximate surface area is 83.7 Å². The summed E-state index contributed by atoms with van der Waals surface area (Å²) >= 11 is 0. The fourth-order valence-corrected chi connectivity index (χ4v) is 1.38. The van der Waals surface area contributed by atoms with Crippen LogP contribution >= 0.6 is 0 Å². The van der Waals surface area contributed by atoms with E-state index in [1.165, 1.54) is 5.56 Å². The molecular weight excluding hydrogens is 172 g/mol. The molecule has 0 aliphatic carbocycles. The lowest BCUT2D eigenvalue weighted by Gasteiger charge is -2.02. The van der Waals surface area contributed by atoms with Crippen molar-refractivity contribution >= 4 is 0 Å². The second-order valence-electron chi connectivity index (χ2n) is 3.26. The lowest BCUT2D eigenvalue weighted by atomic mass is 10.1. The molecule has 2 nitrogen and oxygen atoms in total. The average molecular weight is 184 g/mol. The maximum absolute atomic E-state index is 4.33. The van der Waals surface area contributed by atoms with Gasteiger partial charge in [-0.2, -0.15) is 0 Å². The lowest BCUT2D eigenvalue weighted by Crippen LogP contribution is -1.96. The molecule has 0 spiro atoms. The van der Waals surface area contributed by atoms with Crippen LogP contribution in [0.1, 0.15) is 17.0 Å². The van der Waals surface area contributed by atoms with Crippen molar-refractivity contribution in [3.05, 3.63) is 59.7 Å². The molecular formula is C12H12N2. The fraction of sp³-hybridized carbons (Fsp3) is 0.167. The first-order valence-corrected chi connectivity index (χ1v) is 4.66. The van der Waals surface area contributed by atoms with Crippen LogP contribution in [-0.2, 0) is 6.42 Å². The van der Waals surface area contributed by atoms with Gasteiger partial charge in [-0.05, 0) is 30.7 Å². The minimum absolute atomic E-state index is 0.813. The average Bonchev–Trinajstić information content (AvgIpc) is 2.23. The highest BCUT2D eigenvalue weighted by Gasteiger charge is 2.00. The molecule has 0 unspecified atom stereocenters. The van der Waals surface area contributed by atoms with Crippen molar-refractivity contribution in [2.75, 3.05) is 0 Å². The molecule has 0 saturated heterocycles. The van der Waals surface area contributed by atoms with Crippen LogP contribution in [0.2, 0.25) is 0 Å². The van der Waals surface area contributed by atoms with Gasteiger partial charge in [-0.3, -0.25) is 9.97 Å². The SMILES string of the molecule is Cc1cccnc1Cc1ccccn1. The van der Waals surface area contributed by atoms with E-state index in [9.17, 15) is 0 Å². The molecule has 0 atom stereocenters. The highest BCUT2D eigenvalue weighted by atomic mass is 14.7. The number of hydrogen-bond donors (Lipinski definition) is 0. The van der Waals surface area contributed by atoms with Gasteiger partial charge in [0.15, 0.2) is 0 Å². The van der Waals surface area contributed by atoms with Gasteiger partial charge in [0.25, 0.3) is 0 Å². The summed E-state index contributed by atoms with van der Waals surface area (Å²) in [5, 5.41) is 0. The quantitative estimate of drug-likeness (QED) is 0.716. The van der Waals surface area contributed by atoms with Gasteiger partial charge in [0.2, 0.25) is 0 Å². The highest BCUT2D eigenvalue weighted by Crippen LogP contribution is 2.08. The summed E-state index contributed by atoms with van der Waals surface area (Å²) in [6.45, 7) is 2.07. The van der Waals surface area contributed by atoms with Crippen LogP contribution in [0.5, 0.6) is 0 Å². The zero-order valence-electron chi connectivity index (χ0n) is 8.14. The van der Waals surface area contributed by atoms with Crippen LogP contribution in [0.4, 0.5) is 0 Å². The Morgan fingerprint density at radius 3 is 2.57 bits per heavy atom. The minimum Gasteiger partial charge on any atom is -0.261 e. The second kappa shape index (κ2) is 4.01. The van der Waals surface area contributed by atoms with Gasteiger partial charge in [0.05, 0.1) is 0 Å². The maximum Gasteiger partial charge on any atom is 0.0492 e. The van der Waals surface area contributed by atoms with E-state index < -0.39 is 0 Å². The molecule has 0 aromatic carbocycles. The Balaban J connectivity index is 2.24. The van der Waals surface area contributed by atoms with E-state index in [-0.39, 0.29) is 0 Å². The number of hydrogen-bond acceptors (Lipinski definition) is 2. The summed E-state index contributed by atoms with van der Waals surface area (Å²) in [6.07, 6.45) is 4.45. The van der Waals surface area contributed by atoms with E-state index >= 15 is 0 Å². The fourth-order valence-electron chi connectivity index (χ4n) is 1.38. The number of aryl methyl sites for hydroxylation is 1. The Hall–Kier alpha value is -1.70. The van der Waals surface area contributed by atoms with E-state index in [4.69, 9.17) is 0 Å². The molecule has 0 radical (unpaired) electrons. The summed E-state index contributed by atoms with van der Waals surface area (Å²) in [5.74, 6) is 0. The Bertz CT molecular complexity index is 410. The number of pyridine rings is 2. The topological polar surface area (TPSA) is 25.8 Å². The largest absolute Gasteiger partial charge is 0.261 e. The summed E-state index contributed by atoms with van der Waals surface area (Å²) in [7, 11) is 0. The normalized spacial score (nSPS) is 10.1. The van der Waals surface area contributed by atoms with E-state index in [1.54, 1.807) is 0 Å². The molecule has 2 aromatic heterocycles. The van der Waals surface area contributed by atoms with Crippen LogP contribution in [-0.4, -0.2) is 9.97 Å². The second-order valence-corrected chi connectivity index (χ2v) is 3.26. The molecule has 70 valence electrons. The van der Waals surface area contributed by atoms with Gasteiger partial charge in [0, 0.05) is 30.2 Å². The van der Waals surface area contributed by atoms with Gasteiger partial charge in [-0.15, -0.1) is 0 Å². The van der Waals surface area contributed by atoms with Crippen molar-refractivity contribution in [1.82, 2.24) is 9.97 Å². The first kappa shape index (κ1) is 8.88. The van der Waals surface area contributed by atoms with E-state index in [2.05, 4.69) is 23.0 Å². The van der Waals surface area contributed by atoms with Crippen molar-refractivity contribution in [1.29, 1.82) is 0 Å². The molecule has 0 aliphatic rings. The Kier molecular flexibility index (Phi) is 2.54. The maximum atomic E-state index is 4.33. The van der Waals surface area contributed by atoms with E-state index in [1.807, 2.05) is 36.7 Å². The van der Waals surface area contributed by atoms with Gasteiger partial charge >= 0.3 is 0 Å². The van der Waals surface area contributed by atoms with Crippen molar-refractivity contribution in [3.8, 4) is 0 Å². The van der Waals surface area contributed by atoms with Crippen LogP contribution < -0.4 is 0 Å². The monoisotopic (exact) mass is 184 g/mol. The van der Waals surface area contributed by atoms with Crippen LogP contribution in [0.3, 0.4) is 0 Å². The summed E-state index contributed by atoms with van der Waals surface area (Å²) in [5.41, 5.74) is 3.39. The third-order valence-electron chi connectivity index (χ3n) is 2.19. The van der Waals surface area contributed by atoms with Gasteiger partial charge in [-0.1, -0.05) is 12.1 Å². The first-order valence-electron chi connectivity index (χ1n) is 4.66. The van der Waals surface area contributed by atoms with Crippen LogP contribution in [0.25, 0.3) is 0 Å². The van der Waals surface area contributed by atoms with E-state index in [0.29, 0.717) is 0 Å². The molecule has 2 heterocycles. The van der Waals surface area contributed by atoms with E-state index in [0.717, 1.165) is 17.8 Å². The summed E-state index contributed by atoms with van der Waals surface area (Å²) in [6, 6.07) is 9.98. The summed E-state index contributed by atoms with van der Waals surface area (Å²) in [4.78, 5) is 8.61. The number of rotatable bonds is 2. The van der Waals surface area contributed by atoms with Crippen molar-refractivity contribution < 1.29 is 0 Å². The Morgan fingerprint density at radius 1 is 1.00 bits per heavy atom. The Morgan fingerprint density at radius 2 is 1.86 bits per heavy atom. The predicted molar refractivity (Wildman–Crippen MR) is 56.0 cm³/mol. The van der Waals surface area contributed by atoms with Crippen LogP contribution in [0, 0.1) is 6.92 Å². The smallest absolute Gasteiger partial charge is 0.0492 e. The first-order chi connectivity index (χ1) is 6.86. The standard InChI is InChI=1S/C12H12N2/c1-10-5-4-8-14-12(10)9-11-6-2-3-7-13-11/h2-8H,9H2,1H3. The molecule has 0 bridgehead atoms. The molecule has 0 amide bonds. The van der Waals surface area contributed by atoms with Gasteiger partial charge < -0.3 is 0 Å². The molecule has 2 aromatic rings. The number of nitrogens with zero attached hydrogens (tertiary/aromatic N) is 2. The zero-order valence-corrected chi connectivity index (χ0v) is 8.14. The molecule has 2 heteroatoms. The van der Waals surface area contributed by atoms with Gasteiger partial charge in [-0.25, -0.2) is 0 Å². The number of aromatic nitrogens is 2. The third-order valence-corrected chi connectivity index (χ3v) is 2.19. The molecule has 0 N–H and O–H groups in total. The van der Waals surface area contributed by atoms with Crippen molar-refractivity contribution in [2.24, 2.45) is 0 Å². The molecule has 0 aliphatic heterocycles.